The monoisotopic (exact) mass is 298 g/mol. The fraction of sp³-hybridized carbons (Fsp3) is 0.278. The Balaban J connectivity index is 1.62. The molecule has 0 aliphatic heterocycles. The zero-order valence-corrected chi connectivity index (χ0v) is 12.5. The SMILES string of the molecule is C[C@@H](Nc1ccc2c(c1)CCC2)C(=O)Nc1ccc(F)cc1. The highest BCUT2D eigenvalue weighted by Gasteiger charge is 2.15. The maximum Gasteiger partial charge on any atom is 0.246 e. The van der Waals surface area contributed by atoms with Crippen molar-refractivity contribution in [2.45, 2.75) is 32.2 Å². The number of rotatable bonds is 4. The van der Waals surface area contributed by atoms with Gasteiger partial charge in [-0.15, -0.1) is 0 Å². The molecule has 2 N–H and O–H groups in total. The summed E-state index contributed by atoms with van der Waals surface area (Å²) >= 11 is 0. The summed E-state index contributed by atoms with van der Waals surface area (Å²) in [6.45, 7) is 1.81. The van der Waals surface area contributed by atoms with Crippen LogP contribution in [0, 0.1) is 5.82 Å². The van der Waals surface area contributed by atoms with Gasteiger partial charge in [-0.25, -0.2) is 4.39 Å². The Labute approximate surface area is 129 Å². The summed E-state index contributed by atoms with van der Waals surface area (Å²) < 4.78 is 12.9. The number of fused-ring (bicyclic) bond motifs is 1. The van der Waals surface area contributed by atoms with Gasteiger partial charge >= 0.3 is 0 Å². The Morgan fingerprint density at radius 3 is 2.50 bits per heavy atom. The van der Waals surface area contributed by atoms with E-state index in [0.29, 0.717) is 5.69 Å². The smallest absolute Gasteiger partial charge is 0.246 e. The summed E-state index contributed by atoms with van der Waals surface area (Å²) in [4.78, 5) is 12.2. The molecule has 0 radical (unpaired) electrons. The van der Waals surface area contributed by atoms with Crippen molar-refractivity contribution in [3.8, 4) is 0 Å². The second kappa shape index (κ2) is 6.18. The first-order chi connectivity index (χ1) is 10.6. The Kier molecular flexibility index (Phi) is 4.09. The van der Waals surface area contributed by atoms with E-state index in [9.17, 15) is 9.18 Å². The molecule has 0 spiro atoms. The molecule has 0 saturated carbocycles. The standard InChI is InChI=1S/C18H19FN2O/c1-12(18(22)21-16-9-6-15(19)7-10-16)20-17-8-5-13-3-2-4-14(13)11-17/h5-12,20H,2-4H2,1H3,(H,21,22)/t12-/m1/s1. The van der Waals surface area contributed by atoms with Crippen LogP contribution in [0.4, 0.5) is 15.8 Å². The summed E-state index contributed by atoms with van der Waals surface area (Å²) in [5.74, 6) is -0.463. The quantitative estimate of drug-likeness (QED) is 0.902. The number of aryl methyl sites for hydroxylation is 2. The van der Waals surface area contributed by atoms with Gasteiger partial charge in [-0.2, -0.15) is 0 Å². The van der Waals surface area contributed by atoms with Crippen molar-refractivity contribution in [3.05, 3.63) is 59.4 Å². The normalized spacial score (nSPS) is 14.3. The van der Waals surface area contributed by atoms with Crippen LogP contribution in [0.2, 0.25) is 0 Å². The first-order valence-electron chi connectivity index (χ1n) is 7.56. The van der Waals surface area contributed by atoms with Gasteiger partial charge < -0.3 is 10.6 Å². The fourth-order valence-electron chi connectivity index (χ4n) is 2.76. The molecule has 4 heteroatoms. The van der Waals surface area contributed by atoms with E-state index >= 15 is 0 Å². The van der Waals surface area contributed by atoms with Crippen LogP contribution in [-0.2, 0) is 17.6 Å². The predicted octanol–water partition coefficient (Wildman–Crippen LogP) is 3.75. The molecule has 0 bridgehead atoms. The van der Waals surface area contributed by atoms with E-state index in [1.165, 1.54) is 29.7 Å². The van der Waals surface area contributed by atoms with Crippen LogP contribution < -0.4 is 10.6 Å². The highest BCUT2D eigenvalue weighted by Crippen LogP contribution is 2.25. The zero-order chi connectivity index (χ0) is 15.5. The van der Waals surface area contributed by atoms with Gasteiger partial charge in [0.05, 0.1) is 0 Å². The molecular formula is C18H19FN2O. The van der Waals surface area contributed by atoms with Crippen molar-refractivity contribution in [1.29, 1.82) is 0 Å². The second-order valence-electron chi connectivity index (χ2n) is 5.70. The first kappa shape index (κ1) is 14.6. The van der Waals surface area contributed by atoms with Gasteiger partial charge in [0.15, 0.2) is 0 Å². The molecule has 0 heterocycles. The van der Waals surface area contributed by atoms with Gasteiger partial charge in [-0.3, -0.25) is 4.79 Å². The minimum Gasteiger partial charge on any atom is -0.374 e. The van der Waals surface area contributed by atoms with Crippen LogP contribution in [0.3, 0.4) is 0 Å². The fourth-order valence-corrected chi connectivity index (χ4v) is 2.76. The molecule has 3 rings (SSSR count). The Morgan fingerprint density at radius 1 is 1.05 bits per heavy atom. The first-order valence-corrected chi connectivity index (χ1v) is 7.56. The lowest BCUT2D eigenvalue weighted by Gasteiger charge is -2.16. The molecule has 0 fully saturated rings. The summed E-state index contributed by atoms with van der Waals surface area (Å²) in [6, 6.07) is 11.7. The van der Waals surface area contributed by atoms with E-state index in [2.05, 4.69) is 22.8 Å². The minimum atomic E-state index is -0.371. The Morgan fingerprint density at radius 2 is 1.73 bits per heavy atom. The van der Waals surface area contributed by atoms with Crippen molar-refractivity contribution in [1.82, 2.24) is 0 Å². The van der Waals surface area contributed by atoms with Crippen molar-refractivity contribution in [2.24, 2.45) is 0 Å². The maximum atomic E-state index is 12.9. The van der Waals surface area contributed by atoms with Crippen molar-refractivity contribution in [3.63, 3.8) is 0 Å². The van der Waals surface area contributed by atoms with Crippen molar-refractivity contribution < 1.29 is 9.18 Å². The van der Waals surface area contributed by atoms with Gasteiger partial charge in [0, 0.05) is 11.4 Å². The third kappa shape index (κ3) is 3.27. The number of benzene rings is 2. The van der Waals surface area contributed by atoms with E-state index in [0.717, 1.165) is 18.5 Å². The number of carbonyl (C=O) groups excluding carboxylic acids is 1. The van der Waals surface area contributed by atoms with Crippen molar-refractivity contribution in [2.75, 3.05) is 10.6 Å². The van der Waals surface area contributed by atoms with Gasteiger partial charge in [0.1, 0.15) is 11.9 Å². The van der Waals surface area contributed by atoms with Crippen molar-refractivity contribution >= 4 is 17.3 Å². The van der Waals surface area contributed by atoms with Gasteiger partial charge in [-0.05, 0) is 73.7 Å². The molecule has 2 aromatic carbocycles. The largest absolute Gasteiger partial charge is 0.374 e. The molecule has 1 aliphatic carbocycles. The minimum absolute atomic E-state index is 0.146. The molecule has 22 heavy (non-hydrogen) atoms. The number of hydrogen-bond donors (Lipinski definition) is 2. The summed E-state index contributed by atoms with van der Waals surface area (Å²) in [5.41, 5.74) is 4.33. The summed E-state index contributed by atoms with van der Waals surface area (Å²) in [7, 11) is 0. The number of anilines is 2. The second-order valence-corrected chi connectivity index (χ2v) is 5.70. The lowest BCUT2D eigenvalue weighted by Crippen LogP contribution is -2.31. The van der Waals surface area contributed by atoms with E-state index in [4.69, 9.17) is 0 Å². The lowest BCUT2D eigenvalue weighted by atomic mass is 10.1. The average Bonchev–Trinajstić information content (AvgIpc) is 2.97. The molecule has 114 valence electrons. The van der Waals surface area contributed by atoms with Gasteiger partial charge in [-0.1, -0.05) is 6.07 Å². The highest BCUT2D eigenvalue weighted by molar-refractivity contribution is 5.96. The molecule has 1 amide bonds. The molecule has 1 aliphatic rings. The van der Waals surface area contributed by atoms with Crippen LogP contribution in [0.1, 0.15) is 24.5 Å². The maximum absolute atomic E-state index is 12.9. The number of amides is 1. The van der Waals surface area contributed by atoms with E-state index in [-0.39, 0.29) is 17.8 Å². The van der Waals surface area contributed by atoms with E-state index in [1.807, 2.05) is 13.0 Å². The average molecular weight is 298 g/mol. The summed E-state index contributed by atoms with van der Waals surface area (Å²) in [6.07, 6.45) is 3.47. The highest BCUT2D eigenvalue weighted by atomic mass is 19.1. The summed E-state index contributed by atoms with van der Waals surface area (Å²) in [5, 5.41) is 5.99. The van der Waals surface area contributed by atoms with Gasteiger partial charge in [0.25, 0.3) is 0 Å². The number of halogens is 1. The molecule has 2 aromatic rings. The van der Waals surface area contributed by atoms with Crippen LogP contribution in [0.15, 0.2) is 42.5 Å². The van der Waals surface area contributed by atoms with E-state index < -0.39 is 0 Å². The van der Waals surface area contributed by atoms with Crippen LogP contribution >= 0.6 is 0 Å². The lowest BCUT2D eigenvalue weighted by molar-refractivity contribution is -0.116. The third-order valence-electron chi connectivity index (χ3n) is 3.99. The molecule has 3 nitrogen and oxygen atoms in total. The molecule has 0 aromatic heterocycles. The predicted molar refractivity (Wildman–Crippen MR) is 86.6 cm³/mol. The number of nitrogens with one attached hydrogen (secondary N) is 2. The number of hydrogen-bond acceptors (Lipinski definition) is 2. The molecule has 0 saturated heterocycles. The number of carbonyl (C=O) groups is 1. The molecular weight excluding hydrogens is 279 g/mol. The zero-order valence-electron chi connectivity index (χ0n) is 12.5. The van der Waals surface area contributed by atoms with Crippen LogP contribution in [0.25, 0.3) is 0 Å². The molecule has 1 atom stereocenters. The molecule has 0 unspecified atom stereocenters. The topological polar surface area (TPSA) is 41.1 Å². The third-order valence-corrected chi connectivity index (χ3v) is 3.99. The van der Waals surface area contributed by atoms with Crippen LogP contribution in [-0.4, -0.2) is 11.9 Å². The Hall–Kier alpha value is -2.36. The Bertz CT molecular complexity index is 682. The van der Waals surface area contributed by atoms with Crippen LogP contribution in [0.5, 0.6) is 0 Å². The van der Waals surface area contributed by atoms with E-state index in [1.54, 1.807) is 12.1 Å². The van der Waals surface area contributed by atoms with Gasteiger partial charge in [0.2, 0.25) is 5.91 Å².